The van der Waals surface area contributed by atoms with Gasteiger partial charge in [0, 0.05) is 24.6 Å². The van der Waals surface area contributed by atoms with Crippen molar-refractivity contribution in [1.82, 2.24) is 9.55 Å². The maximum absolute atomic E-state index is 12.6. The molecule has 2 aliphatic rings. The number of carbonyl (C=O) groups excluding carboxylic acids is 1. The molecule has 2 aliphatic heterocycles. The lowest BCUT2D eigenvalue weighted by molar-refractivity contribution is -0.147. The van der Waals surface area contributed by atoms with Gasteiger partial charge >= 0.3 is 19.5 Å². The van der Waals surface area contributed by atoms with E-state index in [-0.39, 0.29) is 44.7 Å². The fourth-order valence-electron chi connectivity index (χ4n) is 3.19. The van der Waals surface area contributed by atoms with E-state index in [1.165, 1.54) is 6.20 Å². The largest absolute Gasteiger partial charge is 0.474 e. The molecular formula is C17H25N2O10P. The predicted molar refractivity (Wildman–Crippen MR) is 101 cm³/mol. The minimum Gasteiger partial charge on any atom is -0.463 e. The van der Waals surface area contributed by atoms with E-state index < -0.39 is 43.4 Å². The second-order valence-electron chi connectivity index (χ2n) is 7.25. The van der Waals surface area contributed by atoms with Crippen LogP contribution >= 0.6 is 7.82 Å². The summed E-state index contributed by atoms with van der Waals surface area (Å²) in [4.78, 5) is 36.8. The van der Waals surface area contributed by atoms with E-state index in [0.29, 0.717) is 0 Å². The molecule has 0 aliphatic carbocycles. The Morgan fingerprint density at radius 1 is 1.37 bits per heavy atom. The van der Waals surface area contributed by atoms with E-state index in [0.717, 1.165) is 10.6 Å². The summed E-state index contributed by atoms with van der Waals surface area (Å²) in [5.41, 5.74) is -1.30. The summed E-state index contributed by atoms with van der Waals surface area (Å²) in [6.07, 6.45) is -1.55. The molecule has 0 amide bonds. The van der Waals surface area contributed by atoms with Crippen molar-refractivity contribution < 1.29 is 37.5 Å². The molecule has 1 unspecified atom stereocenters. The number of nitrogens with one attached hydrogen (secondary N) is 1. The van der Waals surface area contributed by atoms with Gasteiger partial charge in [0.05, 0.1) is 32.0 Å². The molecule has 0 spiro atoms. The average Bonchev–Trinajstić information content (AvgIpc) is 2.87. The van der Waals surface area contributed by atoms with Gasteiger partial charge in [0.2, 0.25) is 0 Å². The Balaban J connectivity index is 1.54. The number of phosphoric ester groups is 1. The van der Waals surface area contributed by atoms with Gasteiger partial charge in [-0.15, -0.1) is 0 Å². The van der Waals surface area contributed by atoms with Gasteiger partial charge in [0.15, 0.2) is 6.23 Å². The van der Waals surface area contributed by atoms with Crippen molar-refractivity contribution >= 4 is 13.8 Å². The Morgan fingerprint density at radius 2 is 2.10 bits per heavy atom. The normalized spacial score (nSPS) is 31.3. The molecule has 3 rings (SSSR count). The van der Waals surface area contributed by atoms with Gasteiger partial charge in [-0.3, -0.25) is 32.7 Å². The molecule has 2 saturated heterocycles. The van der Waals surface area contributed by atoms with Crippen LogP contribution in [-0.4, -0.2) is 58.8 Å². The molecule has 2 N–H and O–H groups in total. The number of rotatable bonds is 7. The maximum atomic E-state index is 12.6. The number of aromatic amines is 1. The van der Waals surface area contributed by atoms with Crippen molar-refractivity contribution in [3.8, 4) is 0 Å². The number of ether oxygens (including phenoxy) is 2. The van der Waals surface area contributed by atoms with E-state index in [1.54, 1.807) is 13.8 Å². The third-order valence-electron chi connectivity index (χ3n) is 4.61. The van der Waals surface area contributed by atoms with Crippen LogP contribution in [0.3, 0.4) is 0 Å². The Kier molecular flexibility index (Phi) is 7.27. The van der Waals surface area contributed by atoms with Crippen molar-refractivity contribution in [2.75, 3.05) is 19.8 Å². The highest BCUT2D eigenvalue weighted by Gasteiger charge is 2.49. The summed E-state index contributed by atoms with van der Waals surface area (Å²) in [5, 5.41) is 10.6. The van der Waals surface area contributed by atoms with Crippen LogP contribution in [0.25, 0.3) is 0 Å². The summed E-state index contributed by atoms with van der Waals surface area (Å²) in [7, 11) is -3.89. The van der Waals surface area contributed by atoms with Crippen molar-refractivity contribution in [2.24, 2.45) is 5.92 Å². The highest BCUT2D eigenvalue weighted by molar-refractivity contribution is 7.48. The van der Waals surface area contributed by atoms with Crippen LogP contribution in [-0.2, 0) is 32.4 Å². The number of H-pyrrole nitrogens is 1. The van der Waals surface area contributed by atoms with E-state index >= 15 is 0 Å². The predicted octanol–water partition coefficient (Wildman–Crippen LogP) is 0.314. The highest BCUT2D eigenvalue weighted by atomic mass is 31.2. The lowest BCUT2D eigenvalue weighted by Gasteiger charge is -2.20. The second-order valence-corrected chi connectivity index (χ2v) is 8.92. The van der Waals surface area contributed by atoms with E-state index in [9.17, 15) is 24.1 Å². The van der Waals surface area contributed by atoms with Crippen molar-refractivity contribution in [3.63, 3.8) is 0 Å². The molecular weight excluding hydrogens is 423 g/mol. The molecule has 1 aromatic heterocycles. The Labute approximate surface area is 171 Å². The van der Waals surface area contributed by atoms with Crippen molar-refractivity contribution in [1.29, 1.82) is 0 Å². The average molecular weight is 448 g/mol. The highest BCUT2D eigenvalue weighted by Crippen LogP contribution is 2.53. The number of fused-ring (bicyclic) bond motifs is 1. The van der Waals surface area contributed by atoms with Gasteiger partial charge in [0.25, 0.3) is 5.56 Å². The van der Waals surface area contributed by atoms with Crippen LogP contribution in [0.5, 0.6) is 0 Å². The Hall–Kier alpha value is -1.82. The third kappa shape index (κ3) is 5.45. The van der Waals surface area contributed by atoms with Crippen molar-refractivity contribution in [3.05, 3.63) is 33.1 Å². The first-order valence-electron chi connectivity index (χ1n) is 9.56. The summed E-state index contributed by atoms with van der Waals surface area (Å²) < 4.78 is 40.2. The van der Waals surface area contributed by atoms with Gasteiger partial charge < -0.3 is 14.6 Å². The molecule has 2 fully saturated rings. The van der Waals surface area contributed by atoms with Crippen LogP contribution in [0, 0.1) is 5.92 Å². The van der Waals surface area contributed by atoms with Gasteiger partial charge in [-0.25, -0.2) is 9.36 Å². The summed E-state index contributed by atoms with van der Waals surface area (Å²) in [6.45, 7) is 3.06. The molecule has 0 aromatic carbocycles. The van der Waals surface area contributed by atoms with Crippen LogP contribution < -0.4 is 11.2 Å². The van der Waals surface area contributed by atoms with Gasteiger partial charge in [-0.2, -0.15) is 0 Å². The Bertz CT molecular complexity index is 912. The smallest absolute Gasteiger partial charge is 0.463 e. The molecule has 168 valence electrons. The summed E-state index contributed by atoms with van der Waals surface area (Å²) in [6, 6.07) is 1.14. The SMILES string of the molecule is CC(C)OC(=O)CCCOP1(=O)OC[C@H]2[C@@H](O)[C@H](n3ccc(=O)[nH]c3=O)O[C@@H]2CO1. The van der Waals surface area contributed by atoms with Gasteiger partial charge in [0.1, 0.15) is 6.10 Å². The van der Waals surface area contributed by atoms with E-state index in [4.69, 9.17) is 23.0 Å². The van der Waals surface area contributed by atoms with Crippen LogP contribution in [0.4, 0.5) is 0 Å². The summed E-state index contributed by atoms with van der Waals surface area (Å²) in [5.74, 6) is -1.02. The first-order chi connectivity index (χ1) is 14.2. The van der Waals surface area contributed by atoms with Gasteiger partial charge in [-0.05, 0) is 20.3 Å². The lowest BCUT2D eigenvalue weighted by Crippen LogP contribution is -2.36. The third-order valence-corrected chi connectivity index (χ3v) is 6.04. The summed E-state index contributed by atoms with van der Waals surface area (Å²) >= 11 is 0. The molecule has 3 heterocycles. The van der Waals surface area contributed by atoms with Crippen LogP contribution in [0.2, 0.25) is 0 Å². The van der Waals surface area contributed by atoms with Crippen LogP contribution in [0.15, 0.2) is 21.9 Å². The molecule has 0 bridgehead atoms. The lowest BCUT2D eigenvalue weighted by atomic mass is 9.99. The number of carbonyl (C=O) groups is 1. The van der Waals surface area contributed by atoms with Crippen LogP contribution in [0.1, 0.15) is 32.9 Å². The number of hydrogen-bond donors (Lipinski definition) is 2. The monoisotopic (exact) mass is 448 g/mol. The van der Waals surface area contributed by atoms with Crippen molar-refractivity contribution in [2.45, 2.75) is 51.2 Å². The molecule has 30 heavy (non-hydrogen) atoms. The quantitative estimate of drug-likeness (QED) is 0.338. The Morgan fingerprint density at radius 3 is 2.80 bits per heavy atom. The molecule has 5 atom stereocenters. The molecule has 0 radical (unpaired) electrons. The topological polar surface area (TPSA) is 155 Å². The molecule has 1 aromatic rings. The van der Waals surface area contributed by atoms with E-state index in [2.05, 4.69) is 4.98 Å². The number of aliphatic hydroxyl groups is 1. The second kappa shape index (κ2) is 9.54. The fourth-order valence-corrected chi connectivity index (χ4v) is 4.45. The minimum atomic E-state index is -3.89. The number of esters is 1. The molecule has 0 saturated carbocycles. The first-order valence-corrected chi connectivity index (χ1v) is 11.0. The molecule has 13 heteroatoms. The standard InChI is InChI=1S/C17H25N2O10P/c1-10(2)28-14(21)4-3-7-25-30(24)26-8-11-12(9-27-30)29-16(15(11)22)19-6-5-13(20)18-17(19)23/h5-6,10-12,15-16,22H,3-4,7-9H2,1-2H3,(H,18,20,23)/t11-,12-,15-,16-,30?/m1/s1. The first kappa shape index (κ1) is 22.9. The number of aromatic nitrogens is 2. The van der Waals surface area contributed by atoms with E-state index in [1.807, 2.05) is 0 Å². The van der Waals surface area contributed by atoms with Gasteiger partial charge in [-0.1, -0.05) is 0 Å². The minimum absolute atomic E-state index is 0.0430. The fraction of sp³-hybridized carbons (Fsp3) is 0.706. The number of hydrogen-bond acceptors (Lipinski definition) is 10. The zero-order valence-corrected chi connectivity index (χ0v) is 17.5. The molecule has 12 nitrogen and oxygen atoms in total. The number of aliphatic hydroxyl groups excluding tert-OH is 1. The number of phosphoric acid groups is 1. The zero-order chi connectivity index (χ0) is 21.9. The zero-order valence-electron chi connectivity index (χ0n) is 16.6. The number of nitrogens with zero attached hydrogens (tertiary/aromatic N) is 1. The maximum Gasteiger partial charge on any atom is 0.474 e.